The van der Waals surface area contributed by atoms with E-state index in [9.17, 15) is 77.6 Å². The molecule has 0 bridgehead atoms. The van der Waals surface area contributed by atoms with E-state index in [1.54, 1.807) is 0 Å². The average Bonchev–Trinajstić information content (AvgIpc) is 4.37. The molecule has 83 heavy (non-hydrogen) atoms. The van der Waals surface area contributed by atoms with Gasteiger partial charge < -0.3 is 111 Å². The number of anilines is 3. The first kappa shape index (κ1) is 65.9. The number of hydrogen-bond acceptors (Lipinski definition) is 36. The monoisotopic (exact) mass is 1310 g/mol. The van der Waals surface area contributed by atoms with Gasteiger partial charge in [-0.1, -0.05) is 0 Å². The summed E-state index contributed by atoms with van der Waals surface area (Å²) in [6, 6.07) is 0. The number of phosphoric acid groups is 6. The Morgan fingerprint density at radius 3 is 1.13 bits per heavy atom. The van der Waals surface area contributed by atoms with Crippen LogP contribution >= 0.6 is 46.9 Å². The van der Waals surface area contributed by atoms with E-state index in [0.29, 0.717) is 22.3 Å². The second-order valence-electron chi connectivity index (χ2n) is 16.5. The molecule has 0 amide bonds. The number of rotatable bonds is 19. The lowest BCUT2D eigenvalue weighted by Crippen LogP contribution is -2.41. The molecule has 0 radical (unpaired) electrons. The molecule has 22 N–H and O–H groups in total. The van der Waals surface area contributed by atoms with E-state index in [4.69, 9.17) is 61.2 Å². The van der Waals surface area contributed by atoms with Crippen LogP contribution in [0.25, 0.3) is 33.5 Å². The first-order valence-corrected chi connectivity index (χ1v) is 30.9. The Kier molecular flexibility index (Phi) is 20.2. The second kappa shape index (κ2) is 25.4. The van der Waals surface area contributed by atoms with E-state index < -0.39 is 140 Å². The van der Waals surface area contributed by atoms with Gasteiger partial charge in [-0.3, -0.25) is 18.2 Å². The van der Waals surface area contributed by atoms with Gasteiger partial charge in [-0.2, -0.15) is 22.1 Å². The first-order valence-electron chi connectivity index (χ1n) is 21.8. The molecule has 6 aromatic rings. The Morgan fingerprint density at radius 1 is 0.458 bits per heavy atom. The zero-order valence-electron chi connectivity index (χ0n) is 40.4. The zero-order chi connectivity index (χ0) is 61.5. The quantitative estimate of drug-likeness (QED) is 0.0155. The number of aliphatic hydroxyl groups is 8. The topological polar surface area (TPSA) is 727 Å². The molecule has 9 heterocycles. The van der Waals surface area contributed by atoms with Crippen LogP contribution < -0.4 is 17.2 Å². The summed E-state index contributed by atoms with van der Waals surface area (Å²) in [5.74, 6) is 0.263. The first-order chi connectivity index (χ1) is 38.5. The van der Waals surface area contributed by atoms with Crippen LogP contribution in [-0.4, -0.2) is 213 Å². The van der Waals surface area contributed by atoms with Crippen LogP contribution in [0.4, 0.5) is 17.5 Å². The SMILES string of the molecule is Nc1ncnc2c1ncn2[C@@H]1O[C@H](C(OOP(=O)(O)OP(=O)(O)OP(=O)(O)O)OP(=O)(O)OP(=O)(O)OP(=O)(O)O)[C@@H](O)[C@H]1O.Nc1ncnc2c1ncn2[C@@H]1O[C@H](CO)[C@@H](O)[C@H]1O.Nc1ncnc2c1ncn2[C@@H]1O[C@H](CO)[C@@H](O)[C@H]1O. The second-order valence-corrected chi connectivity index (χ2v) is 25.2. The highest BCUT2D eigenvalue weighted by atomic mass is 31.3. The molecule has 17 atom stereocenters. The number of nitrogens with zero attached hydrogens (tertiary/aromatic N) is 12. The maximum atomic E-state index is 12.4. The van der Waals surface area contributed by atoms with Crippen LogP contribution in [-0.2, 0) is 72.9 Å². The number of fused-ring (bicyclic) bond motifs is 3. The van der Waals surface area contributed by atoms with Crippen molar-refractivity contribution in [3.8, 4) is 0 Å². The fourth-order valence-corrected chi connectivity index (χ4v) is 13.4. The summed E-state index contributed by atoms with van der Waals surface area (Å²) in [6.07, 6.45) is -12.8. The predicted molar refractivity (Wildman–Crippen MR) is 256 cm³/mol. The van der Waals surface area contributed by atoms with Gasteiger partial charge in [0.2, 0.25) is 6.29 Å². The average molecular weight is 1310 g/mol. The van der Waals surface area contributed by atoms with Gasteiger partial charge in [-0.15, -0.1) is 4.67 Å². The lowest BCUT2D eigenvalue weighted by Gasteiger charge is -2.26. The molecule has 0 spiro atoms. The normalized spacial score (nSPS) is 29.1. The summed E-state index contributed by atoms with van der Waals surface area (Å²) >= 11 is 0. The summed E-state index contributed by atoms with van der Waals surface area (Å²) in [6.45, 7) is -0.781. The van der Waals surface area contributed by atoms with Crippen molar-refractivity contribution in [1.29, 1.82) is 0 Å². The van der Waals surface area contributed by atoms with Gasteiger partial charge in [0, 0.05) is 0 Å². The van der Waals surface area contributed by atoms with Crippen molar-refractivity contribution in [3.05, 3.63) is 38.0 Å². The van der Waals surface area contributed by atoms with Crippen molar-refractivity contribution in [3.63, 3.8) is 0 Å². The summed E-state index contributed by atoms with van der Waals surface area (Å²) < 4.78 is 111. The predicted octanol–water partition coefficient (Wildman–Crippen LogP) is -5.99. The Labute approximate surface area is 456 Å². The molecule has 3 aliphatic rings. The number of ether oxygens (including phenoxy) is 3. The molecule has 3 aliphatic heterocycles. The van der Waals surface area contributed by atoms with E-state index in [-0.39, 0.29) is 28.6 Å². The Balaban J connectivity index is 0.000000211. The number of nitrogen functional groups attached to an aromatic ring is 3. The van der Waals surface area contributed by atoms with E-state index in [0.717, 1.165) is 17.2 Å². The number of nitrogens with two attached hydrogens (primary N) is 3. The minimum absolute atomic E-state index is 0.0695. The molecule has 53 heteroatoms. The third kappa shape index (κ3) is 15.7. The number of imidazole rings is 3. The summed E-state index contributed by atoms with van der Waals surface area (Å²) in [7, 11) is -36.7. The summed E-state index contributed by atoms with van der Waals surface area (Å²) in [4.78, 5) is 112. The molecule has 0 aliphatic carbocycles. The van der Waals surface area contributed by atoms with Gasteiger partial charge in [0.25, 0.3) is 0 Å². The maximum Gasteiger partial charge on any atom is 0.508 e. The van der Waals surface area contributed by atoms with E-state index in [2.05, 4.69) is 76.2 Å². The molecular weight excluding hydrogens is 1270 g/mol. The molecular formula is C30H45N15O32P6. The Morgan fingerprint density at radius 2 is 0.795 bits per heavy atom. The van der Waals surface area contributed by atoms with Crippen LogP contribution in [0, 0.1) is 0 Å². The summed E-state index contributed by atoms with van der Waals surface area (Å²) in [5, 5.41) is 78.6. The van der Waals surface area contributed by atoms with Crippen molar-refractivity contribution < 1.29 is 153 Å². The van der Waals surface area contributed by atoms with Crippen LogP contribution in [0.5, 0.6) is 0 Å². The third-order valence-electron chi connectivity index (χ3n) is 10.9. The largest absolute Gasteiger partial charge is 0.508 e. The molecule has 9 rings (SSSR count). The van der Waals surface area contributed by atoms with Gasteiger partial charge in [0.05, 0.1) is 32.2 Å². The van der Waals surface area contributed by atoms with Crippen LogP contribution in [0.15, 0.2) is 38.0 Å². The van der Waals surface area contributed by atoms with E-state index >= 15 is 0 Å². The van der Waals surface area contributed by atoms with Gasteiger partial charge >= 0.3 is 46.9 Å². The molecule has 3 fully saturated rings. The fraction of sp³-hybridized carbons (Fsp3) is 0.500. The lowest BCUT2D eigenvalue weighted by molar-refractivity contribution is -0.338. The minimum Gasteiger partial charge on any atom is -0.394 e. The molecule has 3 saturated heterocycles. The van der Waals surface area contributed by atoms with Gasteiger partial charge in [-0.05, 0) is 0 Å². The van der Waals surface area contributed by atoms with E-state index in [1.165, 1.54) is 34.4 Å². The van der Waals surface area contributed by atoms with Crippen LogP contribution in [0.2, 0.25) is 0 Å². The number of phosphoric ester groups is 1. The van der Waals surface area contributed by atoms with Crippen molar-refractivity contribution in [2.75, 3.05) is 30.4 Å². The van der Waals surface area contributed by atoms with Crippen molar-refractivity contribution >= 4 is 97.9 Å². The molecule has 5 unspecified atom stereocenters. The van der Waals surface area contributed by atoms with Gasteiger partial charge in [0.15, 0.2) is 53.1 Å². The third-order valence-corrected chi connectivity index (χ3v) is 18.3. The van der Waals surface area contributed by atoms with Crippen molar-refractivity contribution in [2.24, 2.45) is 0 Å². The Bertz CT molecular complexity index is 3470. The maximum absolute atomic E-state index is 12.4. The van der Waals surface area contributed by atoms with Crippen LogP contribution in [0.1, 0.15) is 18.7 Å². The Hall–Kier alpha value is -4.61. The summed E-state index contributed by atoms with van der Waals surface area (Å²) in [5.41, 5.74) is 18.3. The highest BCUT2D eigenvalue weighted by Crippen LogP contribution is 2.68. The van der Waals surface area contributed by atoms with E-state index in [1.807, 2.05) is 0 Å². The fourth-order valence-electron chi connectivity index (χ4n) is 7.48. The molecule has 6 aromatic heterocycles. The van der Waals surface area contributed by atoms with Crippen LogP contribution in [0.3, 0.4) is 0 Å². The van der Waals surface area contributed by atoms with Gasteiger partial charge in [-0.25, -0.2) is 72.2 Å². The number of aromatic nitrogens is 12. The molecule has 462 valence electrons. The number of hydrogen-bond donors (Lipinski definition) is 19. The molecule has 0 saturated carbocycles. The smallest absolute Gasteiger partial charge is 0.394 e. The standard InChI is InChI=1S/C10H19N5O24P6.2C10H13N5O4/c11-7-3-8(13-1-12-7)15(2-14-3)9-5(17)4(16)6(32-9)10(34-42(24,25)38-44(28,29)36-40(18,19)20)33-35-43(26,27)39-45(30,31)37-41(21,22)23;2*11-8-5-9(13-2-12-8)15(3-14-5)10-7(18)6(17)4(1-16)19-10/h1-2,4-6,9-10,16-17H,(H,24,25)(H,26,27)(H,28,29)(H,30,31)(H2,11,12,13)(H2,18,19,20)(H2,21,22,23);2*2-4,6-7,10,16-18H,1H2,(H2,11,12,13)/t4-,5+,6-,9+,10?;2*4-,6-,7-,10-/m011/s1. The minimum atomic E-state index is -6.29. The van der Waals surface area contributed by atoms with Crippen molar-refractivity contribution in [1.82, 2.24) is 58.6 Å². The highest BCUT2D eigenvalue weighted by Gasteiger charge is 2.54. The highest BCUT2D eigenvalue weighted by molar-refractivity contribution is 7.67. The number of aliphatic hydroxyl groups excluding tert-OH is 8. The lowest BCUT2D eigenvalue weighted by atomic mass is 10.1. The molecule has 47 nitrogen and oxygen atoms in total. The van der Waals surface area contributed by atoms with Crippen molar-refractivity contribution in [2.45, 2.75) is 79.9 Å². The molecule has 0 aromatic carbocycles. The zero-order valence-corrected chi connectivity index (χ0v) is 45.7. The van der Waals surface area contributed by atoms with Gasteiger partial charge in [0.1, 0.15) is 90.5 Å².